The van der Waals surface area contributed by atoms with Gasteiger partial charge >= 0.3 is 5.97 Å². The fraction of sp³-hybridized carbons (Fsp3) is 0.571. The van der Waals surface area contributed by atoms with Gasteiger partial charge in [-0.2, -0.15) is 0 Å². The largest absolute Gasteiger partial charge is 0.504 e. The lowest BCUT2D eigenvalue weighted by Crippen LogP contribution is -2.61. The Balaban J connectivity index is 1.67. The summed E-state index contributed by atoms with van der Waals surface area (Å²) in [6, 6.07) is 3.94. The SMILES string of the molecule is O=C(/C=C/c1ccc(O)c(O)c1)O[C@@H]1[C@@H](O)[C@H](O[C@H]2CCCC[C@H]2O)O[C@H](CO)[C@H]1O. The normalized spacial score (nSPS) is 34.0. The minimum Gasteiger partial charge on any atom is -0.504 e. The first-order chi connectivity index (χ1) is 14.8. The molecule has 0 bridgehead atoms. The van der Waals surface area contributed by atoms with Crippen LogP contribution in [0.4, 0.5) is 0 Å². The van der Waals surface area contributed by atoms with E-state index in [1.807, 2.05) is 0 Å². The van der Waals surface area contributed by atoms with E-state index < -0.39 is 55.5 Å². The number of ether oxygens (including phenoxy) is 3. The van der Waals surface area contributed by atoms with E-state index >= 15 is 0 Å². The van der Waals surface area contributed by atoms with Crippen molar-refractivity contribution in [1.82, 2.24) is 0 Å². The molecule has 2 aliphatic rings. The van der Waals surface area contributed by atoms with Crippen LogP contribution in [-0.2, 0) is 19.0 Å². The molecular formula is C21H28O10. The van der Waals surface area contributed by atoms with E-state index in [0.717, 1.165) is 18.9 Å². The number of aromatic hydroxyl groups is 2. The van der Waals surface area contributed by atoms with E-state index in [9.17, 15) is 35.4 Å². The van der Waals surface area contributed by atoms with Gasteiger partial charge in [0, 0.05) is 6.08 Å². The third-order valence-corrected chi connectivity index (χ3v) is 5.46. The van der Waals surface area contributed by atoms with Crippen LogP contribution in [0.15, 0.2) is 24.3 Å². The maximum atomic E-state index is 12.2. The van der Waals surface area contributed by atoms with Gasteiger partial charge in [-0.25, -0.2) is 4.79 Å². The molecule has 0 radical (unpaired) electrons. The topological polar surface area (TPSA) is 166 Å². The summed E-state index contributed by atoms with van der Waals surface area (Å²) in [6.07, 6.45) is -3.14. The van der Waals surface area contributed by atoms with E-state index in [1.54, 1.807) is 0 Å². The van der Waals surface area contributed by atoms with Crippen molar-refractivity contribution in [2.45, 2.75) is 68.6 Å². The molecule has 31 heavy (non-hydrogen) atoms. The maximum absolute atomic E-state index is 12.2. The number of hydrogen-bond donors (Lipinski definition) is 6. The van der Waals surface area contributed by atoms with Crippen molar-refractivity contribution >= 4 is 12.0 Å². The number of phenolic OH excluding ortho intramolecular Hbond substituents is 2. The number of rotatable bonds is 6. The van der Waals surface area contributed by atoms with Crippen molar-refractivity contribution in [2.24, 2.45) is 0 Å². The van der Waals surface area contributed by atoms with Crippen LogP contribution in [-0.4, -0.2) is 86.1 Å². The first-order valence-electron chi connectivity index (χ1n) is 10.2. The molecular weight excluding hydrogens is 412 g/mol. The Morgan fingerprint density at radius 1 is 1.10 bits per heavy atom. The minimum atomic E-state index is -1.55. The van der Waals surface area contributed by atoms with Crippen molar-refractivity contribution in [2.75, 3.05) is 6.61 Å². The molecule has 0 unspecified atom stereocenters. The summed E-state index contributed by atoms with van der Waals surface area (Å²) < 4.78 is 16.3. The molecule has 1 saturated carbocycles. The molecule has 172 valence electrons. The Hall–Kier alpha value is -2.21. The van der Waals surface area contributed by atoms with E-state index in [0.29, 0.717) is 18.4 Å². The van der Waals surface area contributed by atoms with Crippen LogP contribution in [0.2, 0.25) is 0 Å². The van der Waals surface area contributed by atoms with Gasteiger partial charge in [-0.05, 0) is 36.6 Å². The average molecular weight is 440 g/mol. The predicted molar refractivity (Wildman–Crippen MR) is 106 cm³/mol. The monoisotopic (exact) mass is 440 g/mol. The molecule has 10 nitrogen and oxygen atoms in total. The summed E-state index contributed by atoms with van der Waals surface area (Å²) in [5.74, 6) is -1.57. The first kappa shape index (κ1) is 23.5. The summed E-state index contributed by atoms with van der Waals surface area (Å²) in [7, 11) is 0. The van der Waals surface area contributed by atoms with E-state index in [4.69, 9.17) is 14.2 Å². The van der Waals surface area contributed by atoms with Gasteiger partial charge in [0.25, 0.3) is 0 Å². The molecule has 10 heteroatoms. The van der Waals surface area contributed by atoms with Crippen molar-refractivity contribution in [3.8, 4) is 11.5 Å². The molecule has 1 heterocycles. The smallest absolute Gasteiger partial charge is 0.331 e. The van der Waals surface area contributed by atoms with E-state index in [1.165, 1.54) is 24.3 Å². The molecule has 7 atom stereocenters. The average Bonchev–Trinajstić information content (AvgIpc) is 2.75. The molecule has 1 aromatic carbocycles. The Bertz CT molecular complexity index is 781. The third-order valence-electron chi connectivity index (χ3n) is 5.46. The Kier molecular flexibility index (Phi) is 7.87. The number of carbonyl (C=O) groups excluding carboxylic acids is 1. The van der Waals surface area contributed by atoms with Gasteiger partial charge in [0.05, 0.1) is 18.8 Å². The molecule has 0 spiro atoms. The highest BCUT2D eigenvalue weighted by Crippen LogP contribution is 2.29. The van der Waals surface area contributed by atoms with Crippen LogP contribution < -0.4 is 0 Å². The van der Waals surface area contributed by atoms with Gasteiger partial charge in [0.2, 0.25) is 0 Å². The van der Waals surface area contributed by atoms with Gasteiger partial charge in [-0.15, -0.1) is 0 Å². The van der Waals surface area contributed by atoms with E-state index in [2.05, 4.69) is 0 Å². The summed E-state index contributed by atoms with van der Waals surface area (Å²) in [5, 5.41) is 59.4. The molecule has 6 N–H and O–H groups in total. The first-order valence-corrected chi connectivity index (χ1v) is 10.2. The van der Waals surface area contributed by atoms with Gasteiger partial charge in [0.1, 0.15) is 18.3 Å². The summed E-state index contributed by atoms with van der Waals surface area (Å²) in [6.45, 7) is -0.600. The van der Waals surface area contributed by atoms with Crippen molar-refractivity contribution < 1.29 is 49.6 Å². The zero-order chi connectivity index (χ0) is 22.5. The van der Waals surface area contributed by atoms with Crippen LogP contribution in [0.25, 0.3) is 6.08 Å². The number of phenols is 2. The van der Waals surface area contributed by atoms with Crippen molar-refractivity contribution in [3.05, 3.63) is 29.8 Å². The summed E-state index contributed by atoms with van der Waals surface area (Å²) in [4.78, 5) is 12.2. The molecule has 1 aliphatic heterocycles. The van der Waals surface area contributed by atoms with E-state index in [-0.39, 0.29) is 11.5 Å². The van der Waals surface area contributed by atoms with Crippen LogP contribution in [0, 0.1) is 0 Å². The van der Waals surface area contributed by atoms with Gasteiger partial charge in [0.15, 0.2) is 23.9 Å². The quantitative estimate of drug-likeness (QED) is 0.198. The number of hydrogen-bond acceptors (Lipinski definition) is 10. The Morgan fingerprint density at radius 2 is 1.84 bits per heavy atom. The highest BCUT2D eigenvalue weighted by atomic mass is 16.7. The molecule has 0 amide bonds. The minimum absolute atomic E-state index is 0.308. The number of esters is 1. The van der Waals surface area contributed by atoms with Gasteiger partial charge in [-0.1, -0.05) is 18.9 Å². The molecule has 0 aromatic heterocycles. The summed E-state index contributed by atoms with van der Waals surface area (Å²) >= 11 is 0. The lowest BCUT2D eigenvalue weighted by Gasteiger charge is -2.43. The number of aliphatic hydroxyl groups is 4. The molecule has 1 aromatic rings. The third kappa shape index (κ3) is 5.73. The summed E-state index contributed by atoms with van der Waals surface area (Å²) in [5.41, 5.74) is 0.404. The highest BCUT2D eigenvalue weighted by Gasteiger charge is 2.48. The number of benzene rings is 1. The lowest BCUT2D eigenvalue weighted by atomic mass is 9.94. The fourth-order valence-corrected chi connectivity index (χ4v) is 3.69. The zero-order valence-electron chi connectivity index (χ0n) is 16.8. The Labute approximate surface area is 178 Å². The second-order valence-corrected chi connectivity index (χ2v) is 7.72. The van der Waals surface area contributed by atoms with Crippen LogP contribution in [0.3, 0.4) is 0 Å². The highest BCUT2D eigenvalue weighted by molar-refractivity contribution is 5.87. The second-order valence-electron chi connectivity index (χ2n) is 7.72. The lowest BCUT2D eigenvalue weighted by molar-refractivity contribution is -0.319. The van der Waals surface area contributed by atoms with Crippen LogP contribution >= 0.6 is 0 Å². The molecule has 3 rings (SSSR count). The van der Waals surface area contributed by atoms with Crippen LogP contribution in [0.1, 0.15) is 31.2 Å². The van der Waals surface area contributed by atoms with Crippen LogP contribution in [0.5, 0.6) is 11.5 Å². The zero-order valence-corrected chi connectivity index (χ0v) is 16.8. The molecule has 1 aliphatic carbocycles. The standard InChI is InChI=1S/C21H28O10/c22-10-16-18(27)20(19(28)21(30-16)29-15-4-2-1-3-13(15)24)31-17(26)8-6-11-5-7-12(23)14(25)9-11/h5-9,13,15-16,18-25,27-28H,1-4,10H2/b8-6+/t13-,15+,16-,18-,19-,20+,21-/m1/s1. The van der Waals surface area contributed by atoms with Gasteiger partial charge < -0.3 is 44.8 Å². The van der Waals surface area contributed by atoms with Crippen molar-refractivity contribution in [3.63, 3.8) is 0 Å². The second kappa shape index (κ2) is 10.4. The van der Waals surface area contributed by atoms with Crippen molar-refractivity contribution in [1.29, 1.82) is 0 Å². The Morgan fingerprint density at radius 3 is 2.52 bits per heavy atom. The molecule has 1 saturated heterocycles. The molecule has 2 fully saturated rings. The fourth-order valence-electron chi connectivity index (χ4n) is 3.69. The number of carbonyl (C=O) groups is 1. The predicted octanol–water partition coefficient (Wildman–Crippen LogP) is -0.218. The maximum Gasteiger partial charge on any atom is 0.331 e. The van der Waals surface area contributed by atoms with Gasteiger partial charge in [-0.3, -0.25) is 0 Å². The number of aliphatic hydroxyl groups excluding tert-OH is 4.